The molecule has 4 heteroatoms. The molecule has 4 nitrogen and oxygen atoms in total. The second kappa shape index (κ2) is 3.60. The van der Waals surface area contributed by atoms with E-state index in [1.165, 1.54) is 0 Å². The van der Waals surface area contributed by atoms with Crippen LogP contribution in [-0.4, -0.2) is 11.9 Å². The molecule has 0 fully saturated rings. The van der Waals surface area contributed by atoms with Crippen molar-refractivity contribution in [1.29, 1.82) is 0 Å². The lowest BCUT2D eigenvalue weighted by Crippen LogP contribution is -2.47. The van der Waals surface area contributed by atoms with Crippen molar-refractivity contribution in [2.45, 2.75) is 13.3 Å². The molecule has 0 aliphatic heterocycles. The molecule has 0 N–H and O–H groups in total. The maximum Gasteiger partial charge on any atom is 0.0457 e. The first-order chi connectivity index (χ1) is 6.04. The third-order valence-electron chi connectivity index (χ3n) is 2.40. The number of hydrogen-bond donors (Lipinski definition) is 0. The van der Waals surface area contributed by atoms with Crippen molar-refractivity contribution >= 4 is 11.9 Å². The number of carboxylic acid groups (broad SMARTS) is 2. The molecule has 0 saturated carbocycles. The van der Waals surface area contributed by atoms with Crippen molar-refractivity contribution in [3.8, 4) is 0 Å². The average molecular weight is 182 g/mol. The van der Waals surface area contributed by atoms with Gasteiger partial charge in [-0.15, -0.1) is 0 Å². The monoisotopic (exact) mass is 182 g/mol. The van der Waals surface area contributed by atoms with Crippen LogP contribution in [0, 0.1) is 17.8 Å². The van der Waals surface area contributed by atoms with Crippen LogP contribution in [0.3, 0.4) is 0 Å². The third-order valence-corrected chi connectivity index (χ3v) is 2.40. The van der Waals surface area contributed by atoms with Gasteiger partial charge in [0.05, 0.1) is 0 Å². The Kier molecular flexibility index (Phi) is 2.70. The Bertz CT molecular complexity index is 256. The summed E-state index contributed by atoms with van der Waals surface area (Å²) in [6.45, 7) is 1.66. The summed E-state index contributed by atoms with van der Waals surface area (Å²) in [7, 11) is 0. The molecule has 0 aromatic carbocycles. The summed E-state index contributed by atoms with van der Waals surface area (Å²) in [6, 6.07) is 0. The van der Waals surface area contributed by atoms with Crippen LogP contribution in [0.4, 0.5) is 0 Å². The summed E-state index contributed by atoms with van der Waals surface area (Å²) in [6.07, 6.45) is 3.58. The molecule has 13 heavy (non-hydrogen) atoms. The van der Waals surface area contributed by atoms with E-state index in [2.05, 4.69) is 0 Å². The summed E-state index contributed by atoms with van der Waals surface area (Å²) >= 11 is 0. The molecule has 0 saturated heterocycles. The zero-order valence-electron chi connectivity index (χ0n) is 7.23. The van der Waals surface area contributed by atoms with Crippen molar-refractivity contribution in [3.63, 3.8) is 0 Å². The predicted molar refractivity (Wildman–Crippen MR) is 39.9 cm³/mol. The Hall–Kier alpha value is -1.32. The number of carbonyl (C=O) groups excluding carboxylic acids is 2. The van der Waals surface area contributed by atoms with Crippen molar-refractivity contribution in [2.24, 2.45) is 17.8 Å². The second-order valence-corrected chi connectivity index (χ2v) is 3.29. The molecule has 72 valence electrons. The van der Waals surface area contributed by atoms with E-state index in [0.717, 1.165) is 0 Å². The van der Waals surface area contributed by atoms with Gasteiger partial charge in [-0.2, -0.15) is 0 Å². The van der Waals surface area contributed by atoms with Crippen molar-refractivity contribution in [2.75, 3.05) is 0 Å². The molecule has 0 amide bonds. The maximum atomic E-state index is 10.6. The molecular weight excluding hydrogens is 172 g/mol. The predicted octanol–water partition coefficient (Wildman–Crippen LogP) is -1.69. The summed E-state index contributed by atoms with van der Waals surface area (Å²) in [5, 5.41) is 21.2. The van der Waals surface area contributed by atoms with Gasteiger partial charge >= 0.3 is 0 Å². The molecule has 0 aromatic heterocycles. The Morgan fingerprint density at radius 2 is 1.92 bits per heavy atom. The fourth-order valence-corrected chi connectivity index (χ4v) is 1.69. The Balaban J connectivity index is 2.89. The van der Waals surface area contributed by atoms with E-state index < -0.39 is 23.8 Å². The lowest BCUT2D eigenvalue weighted by Gasteiger charge is -2.34. The van der Waals surface area contributed by atoms with E-state index >= 15 is 0 Å². The van der Waals surface area contributed by atoms with Gasteiger partial charge in [0.2, 0.25) is 0 Å². The van der Waals surface area contributed by atoms with Crippen molar-refractivity contribution in [1.82, 2.24) is 0 Å². The summed E-state index contributed by atoms with van der Waals surface area (Å²) in [5.74, 6) is -4.85. The van der Waals surface area contributed by atoms with Crippen LogP contribution in [0.15, 0.2) is 12.2 Å². The summed E-state index contributed by atoms with van der Waals surface area (Å²) in [4.78, 5) is 21.2. The minimum absolute atomic E-state index is 0.214. The zero-order chi connectivity index (χ0) is 10.0. The zero-order valence-corrected chi connectivity index (χ0v) is 7.23. The molecule has 0 aromatic rings. The van der Waals surface area contributed by atoms with Gasteiger partial charge < -0.3 is 19.8 Å². The summed E-state index contributed by atoms with van der Waals surface area (Å²) < 4.78 is 0. The highest BCUT2D eigenvalue weighted by Gasteiger charge is 2.29. The minimum Gasteiger partial charge on any atom is -0.550 e. The van der Waals surface area contributed by atoms with Gasteiger partial charge in [-0.25, -0.2) is 0 Å². The molecule has 3 atom stereocenters. The van der Waals surface area contributed by atoms with Gasteiger partial charge in [0.25, 0.3) is 0 Å². The molecular formula is C9H10O4-2. The van der Waals surface area contributed by atoms with E-state index in [1.54, 1.807) is 19.1 Å². The minimum atomic E-state index is -1.31. The van der Waals surface area contributed by atoms with Crippen LogP contribution in [-0.2, 0) is 9.59 Å². The fraction of sp³-hybridized carbons (Fsp3) is 0.556. The van der Waals surface area contributed by atoms with Crippen molar-refractivity contribution in [3.05, 3.63) is 12.2 Å². The number of aliphatic carboxylic acids is 2. The van der Waals surface area contributed by atoms with Crippen LogP contribution in [0.5, 0.6) is 0 Å². The Morgan fingerprint density at radius 1 is 1.31 bits per heavy atom. The van der Waals surface area contributed by atoms with Crippen LogP contribution >= 0.6 is 0 Å². The second-order valence-electron chi connectivity index (χ2n) is 3.29. The van der Waals surface area contributed by atoms with Gasteiger partial charge in [0, 0.05) is 23.8 Å². The average Bonchev–Trinajstić information content (AvgIpc) is 2.02. The van der Waals surface area contributed by atoms with Gasteiger partial charge in [-0.1, -0.05) is 19.1 Å². The summed E-state index contributed by atoms with van der Waals surface area (Å²) in [5.41, 5.74) is 0. The normalized spacial score (nSPS) is 32.8. The third kappa shape index (κ3) is 1.88. The van der Waals surface area contributed by atoms with Crippen LogP contribution < -0.4 is 10.2 Å². The Labute approximate surface area is 75.9 Å². The van der Waals surface area contributed by atoms with Crippen molar-refractivity contribution < 1.29 is 19.8 Å². The highest BCUT2D eigenvalue weighted by molar-refractivity contribution is 5.78. The molecule has 3 unspecified atom stereocenters. The quantitative estimate of drug-likeness (QED) is 0.477. The van der Waals surface area contributed by atoms with E-state index in [-0.39, 0.29) is 12.3 Å². The first-order valence-corrected chi connectivity index (χ1v) is 4.12. The van der Waals surface area contributed by atoms with E-state index in [0.29, 0.717) is 0 Å². The van der Waals surface area contributed by atoms with Crippen LogP contribution in [0.1, 0.15) is 13.3 Å². The first kappa shape index (κ1) is 9.77. The maximum absolute atomic E-state index is 10.6. The number of rotatable bonds is 2. The van der Waals surface area contributed by atoms with Gasteiger partial charge in [-0.05, 0) is 12.3 Å². The molecule has 1 rings (SSSR count). The molecule has 0 spiro atoms. The lowest BCUT2D eigenvalue weighted by molar-refractivity contribution is -0.328. The number of allylic oxidation sites excluding steroid dienone is 2. The largest absolute Gasteiger partial charge is 0.550 e. The van der Waals surface area contributed by atoms with E-state index in [9.17, 15) is 19.8 Å². The van der Waals surface area contributed by atoms with Crippen LogP contribution in [0.25, 0.3) is 0 Å². The molecule has 1 aliphatic rings. The van der Waals surface area contributed by atoms with Gasteiger partial charge in [-0.3, -0.25) is 0 Å². The highest BCUT2D eigenvalue weighted by atomic mass is 16.4. The molecule has 0 radical (unpaired) electrons. The molecule has 0 bridgehead atoms. The Morgan fingerprint density at radius 3 is 2.31 bits per heavy atom. The SMILES string of the molecule is CC1C=CCC(C(=O)[O-])C1C(=O)[O-]. The number of carbonyl (C=O) groups is 2. The van der Waals surface area contributed by atoms with E-state index in [1.807, 2.05) is 0 Å². The highest BCUT2D eigenvalue weighted by Crippen LogP contribution is 2.29. The molecule has 0 heterocycles. The first-order valence-electron chi connectivity index (χ1n) is 4.12. The number of carboxylic acids is 2. The number of hydrogen-bond acceptors (Lipinski definition) is 4. The molecule has 1 aliphatic carbocycles. The van der Waals surface area contributed by atoms with E-state index in [4.69, 9.17) is 0 Å². The van der Waals surface area contributed by atoms with Gasteiger partial charge in [0.1, 0.15) is 0 Å². The topological polar surface area (TPSA) is 80.3 Å². The fourth-order valence-electron chi connectivity index (χ4n) is 1.69. The lowest BCUT2D eigenvalue weighted by atomic mass is 9.77. The van der Waals surface area contributed by atoms with Crippen LogP contribution in [0.2, 0.25) is 0 Å². The smallest absolute Gasteiger partial charge is 0.0457 e. The standard InChI is InChI=1S/C9H12O4/c1-5-3-2-4-6(8(10)11)7(5)9(12)13/h2-3,5-7H,4H2,1H3,(H,10,11)(H,12,13)/p-2. The van der Waals surface area contributed by atoms with Gasteiger partial charge in [0.15, 0.2) is 0 Å².